The summed E-state index contributed by atoms with van der Waals surface area (Å²) in [6.45, 7) is 11.2. The van der Waals surface area contributed by atoms with Crippen LogP contribution >= 0.6 is 11.6 Å². The number of pyridine rings is 1. The monoisotopic (exact) mass is 720 g/mol. The van der Waals surface area contributed by atoms with Crippen molar-refractivity contribution in [2.24, 2.45) is 0 Å². The van der Waals surface area contributed by atoms with Crippen LogP contribution in [0.4, 0.5) is 5.82 Å². The number of nitrogens with one attached hydrogen (secondary N) is 1. The molecule has 1 amide bonds. The number of hydrogen-bond donors (Lipinski definition) is 1. The second kappa shape index (κ2) is 15.5. The first-order valence-corrected chi connectivity index (χ1v) is 19.0. The summed E-state index contributed by atoms with van der Waals surface area (Å²) < 4.78 is 21.2. The van der Waals surface area contributed by atoms with Crippen molar-refractivity contribution in [3.63, 3.8) is 0 Å². The maximum atomic E-state index is 13.7. The number of aromatic nitrogens is 5. The van der Waals surface area contributed by atoms with Crippen LogP contribution in [0, 0.1) is 13.8 Å². The molecule has 1 unspecified atom stereocenters. The van der Waals surface area contributed by atoms with E-state index in [0.29, 0.717) is 28.5 Å². The molecule has 1 N–H and O–H groups in total. The third-order valence-electron chi connectivity index (χ3n) is 8.68. The van der Waals surface area contributed by atoms with Gasteiger partial charge in [0.05, 0.1) is 36.7 Å². The second-order valence-electron chi connectivity index (χ2n) is 13.3. The topological polar surface area (TPSA) is 113 Å². The van der Waals surface area contributed by atoms with E-state index in [0.717, 1.165) is 16.8 Å². The van der Waals surface area contributed by atoms with Gasteiger partial charge < -0.3 is 19.2 Å². The van der Waals surface area contributed by atoms with Crippen LogP contribution in [0.15, 0.2) is 110 Å². The molecule has 0 aliphatic rings. The minimum absolute atomic E-state index is 0.0832. The van der Waals surface area contributed by atoms with Crippen LogP contribution in [-0.2, 0) is 14.0 Å². The van der Waals surface area contributed by atoms with Crippen LogP contribution in [0.5, 0.6) is 5.88 Å². The summed E-state index contributed by atoms with van der Waals surface area (Å²) >= 11 is 6.02. The van der Waals surface area contributed by atoms with Gasteiger partial charge in [-0.2, -0.15) is 5.10 Å². The van der Waals surface area contributed by atoms with E-state index in [-0.39, 0.29) is 24.1 Å². The third kappa shape index (κ3) is 7.86. The fraction of sp³-hybridized carbons (Fsp3) is 0.256. The van der Waals surface area contributed by atoms with Gasteiger partial charge in [-0.15, -0.1) is 0 Å². The maximum absolute atomic E-state index is 13.7. The Morgan fingerprint density at radius 2 is 1.59 bits per heavy atom. The standard InChI is InChI=1S/C39H41ClN6O4Si/c1-27-16-17-28(2)33(22-27)46-36-32(24-44-46)38(43-26-42-36)50-34(37(47)45-35-19-18-29(40)23-41-35)25-48-20-21-49-51(39(3,4)5,30-12-8-6-9-13-30)31-14-10-7-11-15-31/h6-19,22-24,26,34H,20-21,25H2,1-5H3,(H,41,45,47). The molecule has 0 saturated carbocycles. The predicted octanol–water partition coefficient (Wildman–Crippen LogP) is 6.46. The first-order chi connectivity index (χ1) is 24.6. The van der Waals surface area contributed by atoms with E-state index < -0.39 is 20.3 Å². The molecule has 3 aromatic carbocycles. The largest absolute Gasteiger partial charge is 0.461 e. The molecule has 51 heavy (non-hydrogen) atoms. The smallest absolute Gasteiger partial charge is 0.269 e. The molecule has 0 aliphatic heterocycles. The molecule has 0 saturated heterocycles. The average Bonchev–Trinajstić information content (AvgIpc) is 3.56. The summed E-state index contributed by atoms with van der Waals surface area (Å²) in [7, 11) is -2.76. The number of benzene rings is 3. The minimum Gasteiger partial charge on any atom is -0.461 e. The van der Waals surface area contributed by atoms with Gasteiger partial charge in [-0.05, 0) is 58.6 Å². The van der Waals surface area contributed by atoms with E-state index in [1.807, 2.05) is 44.2 Å². The summed E-state index contributed by atoms with van der Waals surface area (Å²) in [5.74, 6) is 0.0583. The lowest BCUT2D eigenvalue weighted by atomic mass is 10.1. The fourth-order valence-electron chi connectivity index (χ4n) is 6.20. The molecule has 0 bridgehead atoms. The van der Waals surface area contributed by atoms with Crippen molar-refractivity contribution in [1.29, 1.82) is 0 Å². The number of fused-ring (bicyclic) bond motifs is 1. The minimum atomic E-state index is -2.76. The molecule has 0 fully saturated rings. The van der Waals surface area contributed by atoms with Gasteiger partial charge in [0, 0.05) is 6.20 Å². The zero-order chi connectivity index (χ0) is 36.0. The van der Waals surface area contributed by atoms with Gasteiger partial charge in [0.2, 0.25) is 12.0 Å². The molecule has 10 nitrogen and oxygen atoms in total. The Kier molecular flexibility index (Phi) is 10.9. The number of aryl methyl sites for hydroxylation is 2. The van der Waals surface area contributed by atoms with Crippen LogP contribution in [0.25, 0.3) is 16.7 Å². The molecule has 262 valence electrons. The summed E-state index contributed by atoms with van der Waals surface area (Å²) in [5, 5.41) is 10.6. The Bertz CT molecular complexity index is 2050. The van der Waals surface area contributed by atoms with Gasteiger partial charge in [-0.1, -0.05) is 105 Å². The number of ether oxygens (including phenoxy) is 2. The highest BCUT2D eigenvalue weighted by molar-refractivity contribution is 6.99. The van der Waals surface area contributed by atoms with Crippen molar-refractivity contribution >= 4 is 53.1 Å². The maximum Gasteiger partial charge on any atom is 0.269 e. The second-order valence-corrected chi connectivity index (χ2v) is 18.0. The SMILES string of the molecule is Cc1ccc(C)c(-n2ncc3c(OC(COCCO[Si](c4ccccc4)(c4ccccc4)C(C)(C)C)C(=O)Nc4ccc(Cl)cn4)ncnc32)c1. The Morgan fingerprint density at radius 3 is 2.24 bits per heavy atom. The molecule has 3 heterocycles. The van der Waals surface area contributed by atoms with Gasteiger partial charge in [0.15, 0.2) is 5.65 Å². The normalized spacial score (nSPS) is 12.5. The highest BCUT2D eigenvalue weighted by Crippen LogP contribution is 2.36. The quantitative estimate of drug-likeness (QED) is 0.107. The summed E-state index contributed by atoms with van der Waals surface area (Å²) in [6.07, 6.45) is 3.40. The van der Waals surface area contributed by atoms with E-state index in [1.165, 1.54) is 22.9 Å². The summed E-state index contributed by atoms with van der Waals surface area (Å²) in [6, 6.07) is 30.2. The third-order valence-corrected chi connectivity index (χ3v) is 13.9. The molecule has 6 rings (SSSR count). The lowest BCUT2D eigenvalue weighted by Crippen LogP contribution is -2.66. The van der Waals surface area contributed by atoms with Gasteiger partial charge in [0.1, 0.15) is 17.5 Å². The number of nitrogens with zero attached hydrogens (tertiary/aromatic N) is 5. The van der Waals surface area contributed by atoms with E-state index >= 15 is 0 Å². The molecular formula is C39H41ClN6O4Si. The molecule has 3 aromatic heterocycles. The summed E-state index contributed by atoms with van der Waals surface area (Å²) in [5.41, 5.74) is 3.57. The molecular weight excluding hydrogens is 680 g/mol. The van der Waals surface area contributed by atoms with Crippen LogP contribution in [-0.4, -0.2) is 64.9 Å². The number of amides is 1. The molecule has 1 atom stereocenters. The van der Waals surface area contributed by atoms with Crippen molar-refractivity contribution in [2.75, 3.05) is 25.1 Å². The lowest BCUT2D eigenvalue weighted by molar-refractivity contribution is -0.125. The predicted molar refractivity (Wildman–Crippen MR) is 203 cm³/mol. The first kappa shape index (κ1) is 35.9. The van der Waals surface area contributed by atoms with Crippen LogP contribution in [0.3, 0.4) is 0 Å². The number of carbonyl (C=O) groups is 1. The van der Waals surface area contributed by atoms with Gasteiger partial charge in [-0.3, -0.25) is 4.79 Å². The highest BCUT2D eigenvalue weighted by Gasteiger charge is 2.50. The first-order valence-electron chi connectivity index (χ1n) is 16.7. The van der Waals surface area contributed by atoms with Crippen LogP contribution in [0.1, 0.15) is 31.9 Å². The van der Waals surface area contributed by atoms with Crippen molar-refractivity contribution < 1.29 is 18.7 Å². The fourth-order valence-corrected chi connectivity index (χ4v) is 10.9. The van der Waals surface area contributed by atoms with Crippen LogP contribution in [0.2, 0.25) is 10.1 Å². The Labute approximate surface area is 303 Å². The van der Waals surface area contributed by atoms with E-state index in [2.05, 4.69) is 94.7 Å². The molecule has 6 aromatic rings. The molecule has 12 heteroatoms. The van der Waals surface area contributed by atoms with Gasteiger partial charge >= 0.3 is 0 Å². The van der Waals surface area contributed by atoms with Gasteiger partial charge in [0.25, 0.3) is 14.2 Å². The van der Waals surface area contributed by atoms with E-state index in [1.54, 1.807) is 23.0 Å². The number of halogens is 1. The molecule has 0 aliphatic carbocycles. The number of hydrogen-bond acceptors (Lipinski definition) is 8. The Balaban J connectivity index is 1.23. The lowest BCUT2D eigenvalue weighted by Gasteiger charge is -2.43. The Hall–Kier alpha value is -4.94. The number of rotatable bonds is 13. The van der Waals surface area contributed by atoms with Crippen molar-refractivity contribution in [1.82, 2.24) is 24.7 Å². The zero-order valence-electron chi connectivity index (χ0n) is 29.3. The van der Waals surface area contributed by atoms with Crippen LogP contribution < -0.4 is 20.4 Å². The van der Waals surface area contributed by atoms with Crippen molar-refractivity contribution in [2.45, 2.75) is 45.8 Å². The average molecular weight is 721 g/mol. The van der Waals surface area contributed by atoms with E-state index in [9.17, 15) is 4.79 Å². The number of anilines is 1. The Morgan fingerprint density at radius 1 is 0.882 bits per heavy atom. The van der Waals surface area contributed by atoms with Crippen molar-refractivity contribution in [3.8, 4) is 11.6 Å². The van der Waals surface area contributed by atoms with Crippen molar-refractivity contribution in [3.05, 3.63) is 126 Å². The number of carbonyl (C=O) groups excluding carboxylic acids is 1. The zero-order valence-corrected chi connectivity index (χ0v) is 31.1. The van der Waals surface area contributed by atoms with E-state index in [4.69, 9.17) is 25.5 Å². The van der Waals surface area contributed by atoms with Gasteiger partial charge in [-0.25, -0.2) is 19.6 Å². The summed E-state index contributed by atoms with van der Waals surface area (Å²) in [4.78, 5) is 26.8. The highest BCUT2D eigenvalue weighted by atomic mass is 35.5. The molecule has 0 spiro atoms. The molecule has 0 radical (unpaired) electrons.